The number of β-amino-alcohol motifs (C(OH)–C–C–N with tert-alkyl or cyclic N) is 1. The lowest BCUT2D eigenvalue weighted by molar-refractivity contribution is -0.134. The Morgan fingerprint density at radius 1 is 1.42 bits per heavy atom. The number of benzene rings is 1. The van der Waals surface area contributed by atoms with E-state index in [0.717, 1.165) is 12.8 Å². The molecule has 1 N–H and O–H groups in total. The van der Waals surface area contributed by atoms with Crippen LogP contribution in [0.1, 0.15) is 19.3 Å². The van der Waals surface area contributed by atoms with Gasteiger partial charge < -0.3 is 14.7 Å². The molecule has 104 valence electrons. The van der Waals surface area contributed by atoms with Crippen LogP contribution in [-0.2, 0) is 4.79 Å². The van der Waals surface area contributed by atoms with Crippen molar-refractivity contribution in [1.82, 2.24) is 4.90 Å². The lowest BCUT2D eigenvalue weighted by atomic mass is 10.1. The fourth-order valence-corrected chi connectivity index (χ4v) is 2.13. The molecule has 1 atom stereocenters. The molecule has 0 bridgehead atoms. The number of hydrogen-bond donors (Lipinski definition) is 1. The fraction of sp³-hybridized carbons (Fsp3) is 0.500. The fourth-order valence-electron chi connectivity index (χ4n) is 2.13. The van der Waals surface area contributed by atoms with E-state index in [-0.39, 0.29) is 24.8 Å². The lowest BCUT2D eigenvalue weighted by Crippen LogP contribution is -2.42. The number of amides is 1. The molecule has 1 heterocycles. The second-order valence-corrected chi connectivity index (χ2v) is 4.69. The zero-order valence-corrected chi connectivity index (χ0v) is 10.7. The minimum Gasteiger partial charge on any atom is -0.493 e. The van der Waals surface area contributed by atoms with E-state index in [1.165, 1.54) is 24.3 Å². The third-order valence-corrected chi connectivity index (χ3v) is 3.15. The number of piperidine rings is 1. The molecule has 19 heavy (non-hydrogen) atoms. The van der Waals surface area contributed by atoms with Gasteiger partial charge in [0, 0.05) is 13.1 Å². The molecule has 0 aromatic heterocycles. The van der Waals surface area contributed by atoms with Gasteiger partial charge in [-0.2, -0.15) is 0 Å². The molecule has 0 aliphatic carbocycles. The SMILES string of the molecule is O=C(CCOc1ccc(F)cc1)N1CCCC(O)C1. The zero-order valence-electron chi connectivity index (χ0n) is 10.7. The molecule has 0 radical (unpaired) electrons. The average molecular weight is 267 g/mol. The lowest BCUT2D eigenvalue weighted by Gasteiger charge is -2.30. The van der Waals surface area contributed by atoms with Crippen LogP contribution >= 0.6 is 0 Å². The number of nitrogens with zero attached hydrogens (tertiary/aromatic N) is 1. The molecule has 5 heteroatoms. The number of halogens is 1. The van der Waals surface area contributed by atoms with Gasteiger partial charge in [-0.05, 0) is 37.1 Å². The molecular weight excluding hydrogens is 249 g/mol. The number of rotatable bonds is 4. The second-order valence-electron chi connectivity index (χ2n) is 4.69. The Morgan fingerprint density at radius 2 is 2.16 bits per heavy atom. The normalized spacial score (nSPS) is 19.3. The van der Waals surface area contributed by atoms with Gasteiger partial charge in [0.25, 0.3) is 0 Å². The number of carbonyl (C=O) groups excluding carboxylic acids is 1. The van der Waals surface area contributed by atoms with E-state index in [2.05, 4.69) is 0 Å². The van der Waals surface area contributed by atoms with Crippen LogP contribution in [0, 0.1) is 5.82 Å². The maximum absolute atomic E-state index is 12.7. The first kappa shape index (κ1) is 13.8. The zero-order chi connectivity index (χ0) is 13.7. The Bertz CT molecular complexity index is 421. The Balaban J connectivity index is 1.73. The van der Waals surface area contributed by atoms with Gasteiger partial charge in [0.2, 0.25) is 5.91 Å². The first-order valence-electron chi connectivity index (χ1n) is 6.49. The van der Waals surface area contributed by atoms with Crippen LogP contribution in [0.5, 0.6) is 5.75 Å². The summed E-state index contributed by atoms with van der Waals surface area (Å²) in [7, 11) is 0. The molecule has 4 nitrogen and oxygen atoms in total. The molecular formula is C14H18FNO3. The predicted molar refractivity (Wildman–Crippen MR) is 68.3 cm³/mol. The number of aliphatic hydroxyl groups excluding tert-OH is 1. The van der Waals surface area contributed by atoms with Crippen molar-refractivity contribution in [3.05, 3.63) is 30.1 Å². The number of likely N-dealkylation sites (tertiary alicyclic amines) is 1. The maximum Gasteiger partial charge on any atom is 0.226 e. The Labute approximate surface area is 111 Å². The molecule has 1 aromatic rings. The van der Waals surface area contributed by atoms with Crippen LogP contribution < -0.4 is 4.74 Å². The Hall–Kier alpha value is -1.62. The predicted octanol–water partition coefficient (Wildman–Crippen LogP) is 1.58. The van der Waals surface area contributed by atoms with Crippen molar-refractivity contribution >= 4 is 5.91 Å². The summed E-state index contributed by atoms with van der Waals surface area (Å²) >= 11 is 0. The van der Waals surface area contributed by atoms with Crippen molar-refractivity contribution in [1.29, 1.82) is 0 Å². The monoisotopic (exact) mass is 267 g/mol. The topological polar surface area (TPSA) is 49.8 Å². The standard InChI is InChI=1S/C14H18FNO3/c15-11-3-5-13(6-4-11)19-9-7-14(18)16-8-1-2-12(17)10-16/h3-6,12,17H,1-2,7-10H2. The van der Waals surface area contributed by atoms with Crippen molar-refractivity contribution in [3.63, 3.8) is 0 Å². The quantitative estimate of drug-likeness (QED) is 0.901. The second kappa shape index (κ2) is 6.52. The van der Waals surface area contributed by atoms with E-state index >= 15 is 0 Å². The average Bonchev–Trinajstić information content (AvgIpc) is 2.41. The largest absolute Gasteiger partial charge is 0.493 e. The van der Waals surface area contributed by atoms with E-state index in [4.69, 9.17) is 4.74 Å². The summed E-state index contributed by atoms with van der Waals surface area (Å²) in [4.78, 5) is 13.5. The summed E-state index contributed by atoms with van der Waals surface area (Å²) in [6, 6.07) is 5.70. The smallest absolute Gasteiger partial charge is 0.226 e. The van der Waals surface area contributed by atoms with Crippen molar-refractivity contribution in [2.45, 2.75) is 25.4 Å². The minimum atomic E-state index is -0.407. The highest BCUT2D eigenvalue weighted by Crippen LogP contribution is 2.13. The van der Waals surface area contributed by atoms with Gasteiger partial charge in [0.15, 0.2) is 0 Å². The first-order valence-corrected chi connectivity index (χ1v) is 6.49. The Morgan fingerprint density at radius 3 is 2.84 bits per heavy atom. The van der Waals surface area contributed by atoms with Crippen LogP contribution in [0.15, 0.2) is 24.3 Å². The first-order chi connectivity index (χ1) is 9.15. The molecule has 0 spiro atoms. The molecule has 1 fully saturated rings. The summed E-state index contributed by atoms with van der Waals surface area (Å²) in [5.41, 5.74) is 0. The van der Waals surface area contributed by atoms with Gasteiger partial charge in [0.05, 0.1) is 19.1 Å². The van der Waals surface area contributed by atoms with E-state index in [9.17, 15) is 14.3 Å². The summed E-state index contributed by atoms with van der Waals surface area (Å²) < 4.78 is 18.0. The van der Waals surface area contributed by atoms with Gasteiger partial charge >= 0.3 is 0 Å². The number of carbonyl (C=O) groups is 1. The highest BCUT2D eigenvalue weighted by atomic mass is 19.1. The summed E-state index contributed by atoms with van der Waals surface area (Å²) in [5, 5.41) is 9.50. The molecule has 1 unspecified atom stereocenters. The van der Waals surface area contributed by atoms with Crippen LogP contribution in [-0.4, -0.2) is 41.7 Å². The molecule has 0 saturated carbocycles. The number of hydrogen-bond acceptors (Lipinski definition) is 3. The number of ether oxygens (including phenoxy) is 1. The molecule has 1 aliphatic rings. The summed E-state index contributed by atoms with van der Waals surface area (Å²) in [5.74, 6) is 0.222. The van der Waals surface area contributed by atoms with E-state index in [1.54, 1.807) is 4.90 Å². The van der Waals surface area contributed by atoms with Crippen molar-refractivity contribution in [2.75, 3.05) is 19.7 Å². The van der Waals surface area contributed by atoms with Crippen LogP contribution in [0.25, 0.3) is 0 Å². The van der Waals surface area contributed by atoms with Gasteiger partial charge in [-0.3, -0.25) is 4.79 Å². The third-order valence-electron chi connectivity index (χ3n) is 3.15. The third kappa shape index (κ3) is 4.21. The molecule has 1 saturated heterocycles. The number of aliphatic hydroxyl groups is 1. The van der Waals surface area contributed by atoms with Gasteiger partial charge in [-0.1, -0.05) is 0 Å². The van der Waals surface area contributed by atoms with Crippen molar-refractivity contribution in [2.24, 2.45) is 0 Å². The summed E-state index contributed by atoms with van der Waals surface area (Å²) in [6.45, 7) is 1.37. The van der Waals surface area contributed by atoms with Gasteiger partial charge in [0.1, 0.15) is 11.6 Å². The van der Waals surface area contributed by atoms with E-state index in [0.29, 0.717) is 18.8 Å². The molecule has 1 aromatic carbocycles. The summed E-state index contributed by atoms with van der Waals surface area (Å²) in [6.07, 6.45) is 1.46. The highest BCUT2D eigenvalue weighted by Gasteiger charge is 2.21. The van der Waals surface area contributed by atoms with Crippen LogP contribution in [0.2, 0.25) is 0 Å². The van der Waals surface area contributed by atoms with E-state index < -0.39 is 6.10 Å². The maximum atomic E-state index is 12.7. The Kier molecular flexibility index (Phi) is 4.74. The van der Waals surface area contributed by atoms with Crippen molar-refractivity contribution in [3.8, 4) is 5.75 Å². The van der Waals surface area contributed by atoms with Gasteiger partial charge in [-0.15, -0.1) is 0 Å². The molecule has 1 amide bonds. The molecule has 1 aliphatic heterocycles. The van der Waals surface area contributed by atoms with Crippen LogP contribution in [0.4, 0.5) is 4.39 Å². The van der Waals surface area contributed by atoms with Crippen molar-refractivity contribution < 1.29 is 19.0 Å². The highest BCUT2D eigenvalue weighted by molar-refractivity contribution is 5.76. The molecule has 2 rings (SSSR count). The minimum absolute atomic E-state index is 0.0131. The van der Waals surface area contributed by atoms with Gasteiger partial charge in [-0.25, -0.2) is 4.39 Å². The van der Waals surface area contributed by atoms with E-state index in [1.807, 2.05) is 0 Å². The van der Waals surface area contributed by atoms with Crippen LogP contribution in [0.3, 0.4) is 0 Å².